The summed E-state index contributed by atoms with van der Waals surface area (Å²) in [6, 6.07) is 59.0. The molecule has 3 unspecified atom stereocenters. The van der Waals surface area contributed by atoms with Crippen molar-refractivity contribution in [3.63, 3.8) is 0 Å². The number of rotatable bonds is 26. The third-order valence-corrected chi connectivity index (χ3v) is 25.8. The highest BCUT2D eigenvalue weighted by atomic mass is 32.2. The van der Waals surface area contributed by atoms with E-state index in [1.807, 2.05) is 193 Å². The van der Waals surface area contributed by atoms with Crippen LogP contribution in [0.4, 0.5) is 45.5 Å². The molecule has 4 aliphatic rings. The Morgan fingerprint density at radius 3 is 1.21 bits per heavy atom. The topological polar surface area (TPSA) is 389 Å². The lowest BCUT2D eigenvalue weighted by molar-refractivity contribution is 0.0755. The van der Waals surface area contributed by atoms with Crippen LogP contribution in [0.2, 0.25) is 0 Å². The number of aromatic nitrogens is 12. The molecule has 16 aromatic rings. The number of sulfonamides is 1. The van der Waals surface area contributed by atoms with Crippen LogP contribution in [0, 0.1) is 11.8 Å². The third kappa shape index (κ3) is 20.6. The summed E-state index contributed by atoms with van der Waals surface area (Å²) in [7, 11) is -3.56. The highest BCUT2D eigenvalue weighted by Gasteiger charge is 2.40. The maximum Gasteiger partial charge on any atom is 0.253 e. The minimum atomic E-state index is -3.56. The van der Waals surface area contributed by atoms with Crippen molar-refractivity contribution in [3.8, 4) is 45.0 Å². The second kappa shape index (κ2) is 40.0. The van der Waals surface area contributed by atoms with E-state index in [4.69, 9.17) is 0 Å². The molecule has 2 aliphatic carbocycles. The highest BCUT2D eigenvalue weighted by Crippen LogP contribution is 2.45. The maximum atomic E-state index is 12.8. The van der Waals surface area contributed by atoms with Gasteiger partial charge in [-0.15, -0.1) is 0 Å². The van der Waals surface area contributed by atoms with Crippen LogP contribution >= 0.6 is 0 Å². The Balaban J connectivity index is 0.000000122. The summed E-state index contributed by atoms with van der Waals surface area (Å²) in [4.78, 5) is 118. The molecule has 5 atom stereocenters. The number of pyridine rings is 8. The molecule has 4 fully saturated rings. The molecule has 2 bridgehead atoms. The van der Waals surface area contributed by atoms with Crippen LogP contribution in [-0.2, 0) is 10.0 Å². The van der Waals surface area contributed by atoms with E-state index in [1.54, 1.807) is 92.0 Å². The van der Waals surface area contributed by atoms with E-state index in [2.05, 4.69) is 107 Å². The molecule has 3 amide bonds. The molecule has 31 nitrogen and oxygen atoms in total. The number of amides is 3. The van der Waals surface area contributed by atoms with Gasteiger partial charge in [-0.25, -0.2) is 33.1 Å². The van der Waals surface area contributed by atoms with Gasteiger partial charge in [0.05, 0.1) is 50.4 Å². The van der Waals surface area contributed by atoms with Crippen LogP contribution in [0.15, 0.2) is 293 Å². The van der Waals surface area contributed by atoms with Gasteiger partial charge in [-0.1, -0.05) is 27.2 Å². The van der Waals surface area contributed by atoms with Crippen molar-refractivity contribution in [2.75, 3.05) is 67.1 Å². The number of hydrogen-bond acceptors (Lipinski definition) is 19. The molecule has 32 heteroatoms. The molecule has 12 N–H and O–H groups in total. The van der Waals surface area contributed by atoms with Gasteiger partial charge in [0.15, 0.2) is 22.6 Å². The summed E-state index contributed by atoms with van der Waals surface area (Å²) in [6.45, 7) is 12.2. The van der Waals surface area contributed by atoms with E-state index in [-0.39, 0.29) is 50.9 Å². The number of aromatic amines is 4. The summed E-state index contributed by atoms with van der Waals surface area (Å²) in [5, 5.41) is 23.0. The monoisotopic (exact) mass is 1770 g/mol. The number of likely N-dealkylation sites (tertiary alicyclic amines) is 1. The number of benzene rings is 4. The molecular weight excluding hydrogens is 1670 g/mol. The Morgan fingerprint density at radius 2 is 0.847 bits per heavy atom. The van der Waals surface area contributed by atoms with Gasteiger partial charge in [-0.2, -0.15) is 0 Å². The number of likely N-dealkylation sites (N-methyl/N-ethyl adjacent to an activating group) is 1. The van der Waals surface area contributed by atoms with Crippen molar-refractivity contribution in [3.05, 3.63) is 327 Å². The van der Waals surface area contributed by atoms with E-state index in [1.165, 1.54) is 31.7 Å². The number of fused-ring (bicyclic) bond motifs is 6. The fourth-order valence-electron chi connectivity index (χ4n) is 17.9. The minimum absolute atomic E-state index is 0.0111. The minimum Gasteiger partial charge on any atom is -0.352 e. The van der Waals surface area contributed by atoms with Crippen molar-refractivity contribution >= 4 is 95.8 Å². The van der Waals surface area contributed by atoms with Gasteiger partial charge in [-0.3, -0.25) is 56.1 Å². The zero-order valence-electron chi connectivity index (χ0n) is 72.7. The Labute approximate surface area is 754 Å². The van der Waals surface area contributed by atoms with Gasteiger partial charge in [0, 0.05) is 205 Å². The maximum absolute atomic E-state index is 12.8. The van der Waals surface area contributed by atoms with E-state index in [0.717, 1.165) is 178 Å². The zero-order chi connectivity index (χ0) is 90.5. The number of nitrogens with zero attached hydrogens (tertiary/aromatic N) is 10. The number of nitrogens with one attached hydrogen (secondary N) is 12. The summed E-state index contributed by atoms with van der Waals surface area (Å²) >= 11 is 0. The number of carbonyl (C=O) groups is 3. The number of hydrogen-bond donors (Lipinski definition) is 12. The van der Waals surface area contributed by atoms with E-state index >= 15 is 0 Å². The second-order valence-corrected chi connectivity index (χ2v) is 34.7. The lowest BCUT2D eigenvalue weighted by atomic mass is 9.95. The van der Waals surface area contributed by atoms with Gasteiger partial charge < -0.3 is 62.1 Å². The number of imidazole rings is 4. The highest BCUT2D eigenvalue weighted by molar-refractivity contribution is 7.89. The van der Waals surface area contributed by atoms with Crippen molar-refractivity contribution in [2.45, 2.75) is 102 Å². The van der Waals surface area contributed by atoms with Crippen LogP contribution in [-0.4, -0.2) is 157 Å². The first-order chi connectivity index (χ1) is 63.8. The van der Waals surface area contributed by atoms with Crippen molar-refractivity contribution in [1.82, 2.24) is 87.9 Å². The molecule has 0 spiro atoms. The molecule has 131 heavy (non-hydrogen) atoms. The lowest BCUT2D eigenvalue weighted by Crippen LogP contribution is -2.40. The van der Waals surface area contributed by atoms with Crippen LogP contribution < -0.4 is 64.2 Å². The first-order valence-electron chi connectivity index (χ1n) is 44.3. The average Bonchev–Trinajstić information content (AvgIpc) is 1.68. The van der Waals surface area contributed by atoms with E-state index < -0.39 is 10.0 Å². The number of carbonyl (C=O) groups excluding carboxylic acids is 3. The van der Waals surface area contributed by atoms with Crippen LogP contribution in [0.5, 0.6) is 0 Å². The van der Waals surface area contributed by atoms with Gasteiger partial charge in [-0.05, 0) is 253 Å². The molecule has 12 aromatic heterocycles. The molecule has 4 aromatic carbocycles. The van der Waals surface area contributed by atoms with E-state index in [9.17, 15) is 42.0 Å². The zero-order valence-corrected chi connectivity index (χ0v) is 73.5. The molecule has 2 saturated heterocycles. The van der Waals surface area contributed by atoms with Crippen molar-refractivity contribution < 1.29 is 22.8 Å². The normalized spacial score (nSPS) is 16.3. The van der Waals surface area contributed by atoms with Crippen molar-refractivity contribution in [1.29, 1.82) is 0 Å². The van der Waals surface area contributed by atoms with Gasteiger partial charge in [0.2, 0.25) is 32.3 Å². The summed E-state index contributed by atoms with van der Waals surface area (Å²) in [5.41, 5.74) is 17.6. The second-order valence-electron chi connectivity index (χ2n) is 33.0. The number of H-pyrrole nitrogens is 4. The average molecular weight is 1780 g/mol. The SMILES string of the molecule is CCCN(CCC)C(=O)c1ccc(Nc2ccc(-c3cc[nH]c(=O)c3)n3ccnc23)cc1.CCN1CCCC1CNC(=O)c1ccc(Nc2ccc(-c3cc[nH]c(=O)c3)n3ccnc23)cc1.O=C(NC1C[C@H]2CC[C@@H]1C2)c1ccc(Nc2ccc(-c3cc[nH]c(=O)c3)n3ccnc23)cc1.O=c1cc(-c2ccc(Nc3ccc(S(=O)(=O)NC4CCNC4)cc3)c3nccn23)cc[nH]1. The molecule has 2 aliphatic heterocycles. The van der Waals surface area contributed by atoms with Crippen LogP contribution in [0.3, 0.4) is 0 Å². The Kier molecular flexibility index (Phi) is 26.9. The molecule has 14 heterocycles. The summed E-state index contributed by atoms with van der Waals surface area (Å²) < 4.78 is 35.7. The predicted octanol–water partition coefficient (Wildman–Crippen LogP) is 14.8. The first-order valence-corrected chi connectivity index (χ1v) is 45.8. The summed E-state index contributed by atoms with van der Waals surface area (Å²) in [6.07, 6.45) is 30.8. The van der Waals surface area contributed by atoms with Crippen molar-refractivity contribution in [2.24, 2.45) is 11.8 Å². The number of anilines is 8. The predicted molar refractivity (Wildman–Crippen MR) is 511 cm³/mol. The van der Waals surface area contributed by atoms with Gasteiger partial charge in [0.25, 0.3) is 17.7 Å². The van der Waals surface area contributed by atoms with Gasteiger partial charge >= 0.3 is 0 Å². The molecule has 0 radical (unpaired) electrons. The standard InChI is InChI=1S/C26H28N6O2.C26H25N5O2.C25H27N5O2.C22H22N6O3S/c1-2-31-14-3-4-21(31)17-29-26(34)18-5-7-20(8-6-18)30-22-9-10-23(32-15-13-28-25(22)32)19-11-12-27-24(33)16-19;32-24-15-19(9-10-27-24)23-8-7-21(25-28-11-12-31(23)25)29-20-5-3-17(4-6-20)26(33)30-22-14-16-1-2-18(22)13-16;1-3-14-29(15-4-2)25(32)18-5-7-20(8-6-18)28-21-9-10-22(30-16-13-27-24(21)30)19-11-12-26-23(31)17-19;29-21-13-15(7-10-24-21)20-6-5-19(22-25-11-12-28(20)22)26-16-1-3-18(4-2-16)32(30,31)27-17-8-9-23-14-17/h5-13,15-16,21,30H,2-4,14,17H2,1H3,(H,27,33)(H,29,34);3-12,15-16,18,22,29H,1-2,13-14H2,(H,27,32)(H,30,33);5-13,16-17,28H,3-4,14-15H2,1-2H3,(H,26,31);1-7,10-13,17,23,26-27H,8-9,14H2,(H,24,29)/t;16-,18+,22?;;/m.0../s1. The lowest BCUT2D eigenvalue weighted by Gasteiger charge is -2.22. The molecule has 20 rings (SSSR count). The van der Waals surface area contributed by atoms with Crippen LogP contribution in [0.1, 0.15) is 110 Å². The Morgan fingerprint density at radius 1 is 0.450 bits per heavy atom. The smallest absolute Gasteiger partial charge is 0.253 e. The largest absolute Gasteiger partial charge is 0.352 e. The first kappa shape index (κ1) is 87.9. The van der Waals surface area contributed by atoms with Gasteiger partial charge in [0.1, 0.15) is 0 Å². The van der Waals surface area contributed by atoms with Crippen LogP contribution in [0.25, 0.3) is 67.6 Å². The molecule has 2 saturated carbocycles. The fourth-order valence-corrected chi connectivity index (χ4v) is 19.1. The Bertz CT molecular complexity index is 7130. The summed E-state index contributed by atoms with van der Waals surface area (Å²) in [5.74, 6) is 1.50. The quantitative estimate of drug-likeness (QED) is 0.0240. The third-order valence-electron chi connectivity index (χ3n) is 24.3. The molecule has 668 valence electrons. The Hall–Kier alpha value is -15.1. The molecular formula is C99H102N22O9S. The fraction of sp³-hybridized carbons (Fsp3) is 0.242. The van der Waals surface area contributed by atoms with E-state index in [0.29, 0.717) is 53.4 Å².